The zero-order chi connectivity index (χ0) is 24.5. The van der Waals surface area contributed by atoms with Crippen molar-refractivity contribution in [2.24, 2.45) is 0 Å². The monoisotopic (exact) mass is 462 g/mol. The quantitative estimate of drug-likeness (QED) is 0.343. The summed E-state index contributed by atoms with van der Waals surface area (Å²) in [5.74, 6) is 0.236. The Kier molecular flexibility index (Phi) is 6.20. The molecule has 0 saturated carbocycles. The van der Waals surface area contributed by atoms with Gasteiger partial charge in [-0.1, -0.05) is 39.8 Å². The van der Waals surface area contributed by atoms with Gasteiger partial charge in [-0.2, -0.15) is 0 Å². The van der Waals surface area contributed by atoms with Gasteiger partial charge in [0.25, 0.3) is 0 Å². The standard InChI is InChI=1S/C27H26O7/c1-5-16-6-10-21(20(12-16)27(2,3)4)34-24-15-32-23-13-17(7-9-19(23)25(24)28)31-14-18-8-11-22(33-18)26(29)30/h6-13,15H,5,14H2,1-4H3,(H,29,30). The highest BCUT2D eigenvalue weighted by Crippen LogP contribution is 2.35. The van der Waals surface area contributed by atoms with Crippen LogP contribution in [0.1, 0.15) is 55.1 Å². The van der Waals surface area contributed by atoms with Gasteiger partial charge in [0.2, 0.25) is 16.9 Å². The van der Waals surface area contributed by atoms with Crippen molar-refractivity contribution in [3.63, 3.8) is 0 Å². The van der Waals surface area contributed by atoms with Gasteiger partial charge in [-0.15, -0.1) is 0 Å². The summed E-state index contributed by atoms with van der Waals surface area (Å²) >= 11 is 0. The lowest BCUT2D eigenvalue weighted by molar-refractivity contribution is 0.0658. The molecule has 2 aromatic carbocycles. The highest BCUT2D eigenvalue weighted by Gasteiger charge is 2.21. The molecular weight excluding hydrogens is 436 g/mol. The van der Waals surface area contributed by atoms with E-state index in [0.717, 1.165) is 12.0 Å². The van der Waals surface area contributed by atoms with E-state index in [9.17, 15) is 9.59 Å². The molecule has 0 saturated heterocycles. The second-order valence-electron chi connectivity index (χ2n) is 8.98. The van der Waals surface area contributed by atoms with Crippen LogP contribution in [-0.2, 0) is 18.4 Å². The largest absolute Gasteiger partial charge is 0.486 e. The molecule has 2 aromatic heterocycles. The Hall–Kier alpha value is -4.00. The van der Waals surface area contributed by atoms with Gasteiger partial charge in [0.05, 0.1) is 5.39 Å². The first-order valence-corrected chi connectivity index (χ1v) is 11.0. The van der Waals surface area contributed by atoms with Crippen LogP contribution < -0.4 is 14.9 Å². The minimum atomic E-state index is -1.15. The van der Waals surface area contributed by atoms with Crippen LogP contribution in [0, 0.1) is 0 Å². The van der Waals surface area contributed by atoms with E-state index in [1.165, 1.54) is 24.0 Å². The van der Waals surface area contributed by atoms with Crippen LogP contribution in [0.5, 0.6) is 17.2 Å². The summed E-state index contributed by atoms with van der Waals surface area (Å²) in [4.78, 5) is 24.0. The molecule has 0 aliphatic carbocycles. The predicted octanol–water partition coefficient (Wildman–Crippen LogP) is 6.32. The van der Waals surface area contributed by atoms with Gasteiger partial charge in [-0.05, 0) is 47.7 Å². The lowest BCUT2D eigenvalue weighted by Crippen LogP contribution is -2.14. The van der Waals surface area contributed by atoms with E-state index in [1.807, 2.05) is 12.1 Å². The highest BCUT2D eigenvalue weighted by molar-refractivity contribution is 5.84. The Balaban J connectivity index is 1.58. The first-order valence-electron chi connectivity index (χ1n) is 11.0. The molecule has 0 aliphatic heterocycles. The zero-order valence-corrected chi connectivity index (χ0v) is 19.5. The van der Waals surface area contributed by atoms with Crippen molar-refractivity contribution in [3.8, 4) is 17.2 Å². The molecule has 0 aliphatic rings. The Morgan fingerprint density at radius 2 is 1.82 bits per heavy atom. The first kappa shape index (κ1) is 23.2. The fourth-order valence-corrected chi connectivity index (χ4v) is 3.57. The van der Waals surface area contributed by atoms with E-state index in [-0.39, 0.29) is 29.0 Å². The maximum atomic E-state index is 13.1. The SMILES string of the molecule is CCc1ccc(Oc2coc3cc(OCc4ccc(C(=O)O)o4)ccc3c2=O)c(C(C)(C)C)c1. The van der Waals surface area contributed by atoms with Crippen LogP contribution in [0.4, 0.5) is 0 Å². The molecule has 7 heteroatoms. The molecule has 0 radical (unpaired) electrons. The molecule has 0 unspecified atom stereocenters. The molecular formula is C27H26O7. The van der Waals surface area contributed by atoms with Gasteiger partial charge >= 0.3 is 5.97 Å². The second kappa shape index (κ2) is 9.09. The molecule has 7 nitrogen and oxygen atoms in total. The lowest BCUT2D eigenvalue weighted by atomic mass is 9.85. The zero-order valence-electron chi connectivity index (χ0n) is 19.5. The van der Waals surface area contributed by atoms with Crippen LogP contribution in [0.15, 0.2) is 68.4 Å². The van der Waals surface area contributed by atoms with Crippen LogP contribution in [-0.4, -0.2) is 11.1 Å². The molecule has 0 fully saturated rings. The topological polar surface area (TPSA) is 99.1 Å². The second-order valence-corrected chi connectivity index (χ2v) is 8.98. The fourth-order valence-electron chi connectivity index (χ4n) is 3.57. The number of ether oxygens (including phenoxy) is 2. The van der Waals surface area contributed by atoms with Crippen molar-refractivity contribution in [1.82, 2.24) is 0 Å². The summed E-state index contributed by atoms with van der Waals surface area (Å²) in [6.45, 7) is 8.44. The maximum Gasteiger partial charge on any atom is 0.371 e. The van der Waals surface area contributed by atoms with Crippen molar-refractivity contribution in [2.45, 2.75) is 46.1 Å². The summed E-state index contributed by atoms with van der Waals surface area (Å²) in [7, 11) is 0. The third-order valence-electron chi connectivity index (χ3n) is 5.45. The average molecular weight is 462 g/mol. The smallest absolute Gasteiger partial charge is 0.371 e. The fraction of sp³-hybridized carbons (Fsp3) is 0.259. The van der Waals surface area contributed by atoms with E-state index < -0.39 is 5.97 Å². The molecule has 0 bridgehead atoms. The summed E-state index contributed by atoms with van der Waals surface area (Å²) in [6.07, 6.45) is 2.22. The first-order chi connectivity index (χ1) is 16.2. The van der Waals surface area contributed by atoms with E-state index in [0.29, 0.717) is 28.2 Å². The molecule has 0 atom stereocenters. The molecule has 4 aromatic rings. The Labute approximate surface area is 196 Å². The van der Waals surface area contributed by atoms with Gasteiger partial charge in [0.1, 0.15) is 35.7 Å². The number of carboxylic acids is 1. The van der Waals surface area contributed by atoms with Crippen molar-refractivity contribution < 1.29 is 28.2 Å². The number of rotatable bonds is 7. The predicted molar refractivity (Wildman–Crippen MR) is 127 cm³/mol. The molecule has 176 valence electrons. The van der Waals surface area contributed by atoms with Crippen molar-refractivity contribution in [3.05, 3.63) is 87.7 Å². The van der Waals surface area contributed by atoms with Gasteiger partial charge < -0.3 is 23.4 Å². The van der Waals surface area contributed by atoms with Crippen molar-refractivity contribution >= 4 is 16.9 Å². The molecule has 1 N–H and O–H groups in total. The van der Waals surface area contributed by atoms with Gasteiger partial charge in [0.15, 0.2) is 0 Å². The van der Waals surface area contributed by atoms with Gasteiger partial charge in [0, 0.05) is 11.6 Å². The molecule has 0 spiro atoms. The number of carbonyl (C=O) groups is 1. The van der Waals surface area contributed by atoms with Crippen LogP contribution in [0.3, 0.4) is 0 Å². The van der Waals surface area contributed by atoms with Crippen molar-refractivity contribution in [2.75, 3.05) is 0 Å². The van der Waals surface area contributed by atoms with Crippen LogP contribution >= 0.6 is 0 Å². The molecule has 0 amide bonds. The number of aromatic carboxylic acids is 1. The number of fused-ring (bicyclic) bond motifs is 1. The van der Waals surface area contributed by atoms with E-state index in [4.69, 9.17) is 23.4 Å². The van der Waals surface area contributed by atoms with E-state index in [2.05, 4.69) is 33.8 Å². The minimum absolute atomic E-state index is 0.0353. The number of benzene rings is 2. The minimum Gasteiger partial charge on any atom is -0.486 e. The van der Waals surface area contributed by atoms with Crippen molar-refractivity contribution in [1.29, 1.82) is 0 Å². The molecule has 4 rings (SSSR count). The number of hydrogen-bond acceptors (Lipinski definition) is 6. The summed E-state index contributed by atoms with van der Waals surface area (Å²) in [5.41, 5.74) is 2.11. The maximum absolute atomic E-state index is 13.1. The third-order valence-corrected chi connectivity index (χ3v) is 5.45. The number of carboxylic acid groups (broad SMARTS) is 1. The Bertz CT molecular complexity index is 1400. The summed E-state index contributed by atoms with van der Waals surface area (Å²) in [6, 6.07) is 13.7. The van der Waals surface area contributed by atoms with E-state index >= 15 is 0 Å². The summed E-state index contributed by atoms with van der Waals surface area (Å²) < 4.78 is 22.6. The Morgan fingerprint density at radius 1 is 1.03 bits per heavy atom. The average Bonchev–Trinajstić information content (AvgIpc) is 3.28. The summed E-state index contributed by atoms with van der Waals surface area (Å²) in [5, 5.41) is 9.29. The lowest BCUT2D eigenvalue weighted by Gasteiger charge is -2.23. The Morgan fingerprint density at radius 3 is 2.50 bits per heavy atom. The highest BCUT2D eigenvalue weighted by atomic mass is 16.5. The normalized spacial score (nSPS) is 11.5. The van der Waals surface area contributed by atoms with Crippen LogP contribution in [0.25, 0.3) is 11.0 Å². The molecule has 34 heavy (non-hydrogen) atoms. The number of furan rings is 1. The van der Waals surface area contributed by atoms with Gasteiger partial charge in [-0.3, -0.25) is 4.79 Å². The van der Waals surface area contributed by atoms with E-state index in [1.54, 1.807) is 18.2 Å². The number of hydrogen-bond donors (Lipinski definition) is 1. The third kappa shape index (κ3) is 4.83. The molecule has 2 heterocycles. The number of aryl methyl sites for hydroxylation is 1. The van der Waals surface area contributed by atoms with Crippen LogP contribution in [0.2, 0.25) is 0 Å². The van der Waals surface area contributed by atoms with Gasteiger partial charge in [-0.25, -0.2) is 4.79 Å².